The Morgan fingerprint density at radius 1 is 1.56 bits per heavy atom. The van der Waals surface area contributed by atoms with Gasteiger partial charge >= 0.3 is 0 Å². The van der Waals surface area contributed by atoms with Crippen molar-refractivity contribution in [1.82, 2.24) is 14.6 Å². The predicted octanol–water partition coefficient (Wildman–Crippen LogP) is 1.77. The van der Waals surface area contributed by atoms with E-state index in [0.717, 1.165) is 29.0 Å². The average Bonchev–Trinajstić information content (AvgIpc) is 3.00. The zero-order valence-electron chi connectivity index (χ0n) is 9.58. The van der Waals surface area contributed by atoms with Crippen molar-refractivity contribution in [3.63, 3.8) is 0 Å². The number of hydrogen-bond acceptors (Lipinski definition) is 2. The summed E-state index contributed by atoms with van der Waals surface area (Å²) in [5.74, 6) is 1.51. The smallest absolute Gasteiger partial charge is 0.274 e. The van der Waals surface area contributed by atoms with Crippen molar-refractivity contribution in [2.24, 2.45) is 0 Å². The standard InChI is InChI=1S/C12H15N3O/c1-3-9-7(2)6-10-13-11(8-4-5-8)14-15(10)12(9)16/h6,8H,3-5H2,1-2H3,(H,13,14). The second-order valence-electron chi connectivity index (χ2n) is 4.54. The van der Waals surface area contributed by atoms with Crippen LogP contribution in [0.1, 0.15) is 42.6 Å². The molecule has 1 aliphatic rings. The zero-order chi connectivity index (χ0) is 11.3. The number of aryl methyl sites for hydroxylation is 1. The summed E-state index contributed by atoms with van der Waals surface area (Å²) >= 11 is 0. The Morgan fingerprint density at radius 3 is 2.94 bits per heavy atom. The van der Waals surface area contributed by atoms with E-state index < -0.39 is 0 Å². The van der Waals surface area contributed by atoms with Crippen LogP contribution < -0.4 is 5.56 Å². The Labute approximate surface area is 93.3 Å². The first-order valence-electron chi connectivity index (χ1n) is 5.82. The fourth-order valence-corrected chi connectivity index (χ4v) is 2.18. The molecule has 0 bridgehead atoms. The maximum atomic E-state index is 12.1. The molecule has 0 saturated heterocycles. The Hall–Kier alpha value is -1.58. The number of pyridine rings is 1. The van der Waals surface area contributed by atoms with Crippen molar-refractivity contribution in [3.8, 4) is 0 Å². The van der Waals surface area contributed by atoms with Gasteiger partial charge in [-0.25, -0.2) is 4.98 Å². The molecule has 0 unspecified atom stereocenters. The second-order valence-corrected chi connectivity index (χ2v) is 4.54. The highest BCUT2D eigenvalue weighted by Gasteiger charge is 2.27. The van der Waals surface area contributed by atoms with E-state index in [0.29, 0.717) is 5.92 Å². The Kier molecular flexibility index (Phi) is 1.93. The molecule has 2 heterocycles. The van der Waals surface area contributed by atoms with Crippen molar-refractivity contribution in [1.29, 1.82) is 0 Å². The second kappa shape index (κ2) is 3.20. The van der Waals surface area contributed by atoms with Crippen molar-refractivity contribution < 1.29 is 0 Å². The number of aromatic nitrogens is 3. The number of H-pyrrole nitrogens is 1. The lowest BCUT2D eigenvalue weighted by molar-refractivity contribution is 0.838. The van der Waals surface area contributed by atoms with Crippen LogP contribution in [-0.2, 0) is 6.42 Å². The lowest BCUT2D eigenvalue weighted by atomic mass is 10.1. The van der Waals surface area contributed by atoms with E-state index in [1.54, 1.807) is 4.52 Å². The molecule has 3 rings (SSSR count). The van der Waals surface area contributed by atoms with Crippen LogP contribution in [0.2, 0.25) is 0 Å². The summed E-state index contributed by atoms with van der Waals surface area (Å²) in [5, 5.41) is 3.12. The molecule has 84 valence electrons. The minimum Gasteiger partial charge on any atom is -0.276 e. The van der Waals surface area contributed by atoms with Crippen molar-refractivity contribution in [3.05, 3.63) is 33.4 Å². The van der Waals surface area contributed by atoms with Crippen LogP contribution in [-0.4, -0.2) is 14.6 Å². The normalized spacial score (nSPS) is 15.9. The van der Waals surface area contributed by atoms with Gasteiger partial charge in [0.1, 0.15) is 5.82 Å². The molecule has 0 aromatic carbocycles. The summed E-state index contributed by atoms with van der Waals surface area (Å²) < 4.78 is 1.58. The van der Waals surface area contributed by atoms with Gasteiger partial charge in [0.25, 0.3) is 5.56 Å². The average molecular weight is 217 g/mol. The lowest BCUT2D eigenvalue weighted by Gasteiger charge is -2.01. The van der Waals surface area contributed by atoms with Gasteiger partial charge in [-0.1, -0.05) is 6.92 Å². The van der Waals surface area contributed by atoms with Crippen LogP contribution in [0.5, 0.6) is 0 Å². The van der Waals surface area contributed by atoms with Gasteiger partial charge in [0.05, 0.1) is 0 Å². The zero-order valence-corrected chi connectivity index (χ0v) is 9.58. The van der Waals surface area contributed by atoms with Gasteiger partial charge in [0.15, 0.2) is 5.65 Å². The van der Waals surface area contributed by atoms with E-state index in [2.05, 4.69) is 10.1 Å². The fraction of sp³-hybridized carbons (Fsp3) is 0.500. The molecule has 1 aliphatic carbocycles. The van der Waals surface area contributed by atoms with Crippen molar-refractivity contribution >= 4 is 5.65 Å². The van der Waals surface area contributed by atoms with E-state index in [9.17, 15) is 4.79 Å². The van der Waals surface area contributed by atoms with Crippen molar-refractivity contribution in [2.75, 3.05) is 0 Å². The first-order valence-corrected chi connectivity index (χ1v) is 5.82. The van der Waals surface area contributed by atoms with E-state index in [4.69, 9.17) is 0 Å². The van der Waals surface area contributed by atoms with E-state index in [-0.39, 0.29) is 5.56 Å². The minimum absolute atomic E-state index is 0.0527. The van der Waals surface area contributed by atoms with E-state index in [1.807, 2.05) is 19.9 Å². The highest BCUT2D eigenvalue weighted by Crippen LogP contribution is 2.38. The number of hydrogen-bond donors (Lipinski definition) is 1. The highest BCUT2D eigenvalue weighted by atomic mass is 16.1. The molecular weight excluding hydrogens is 202 g/mol. The highest BCUT2D eigenvalue weighted by molar-refractivity contribution is 5.44. The van der Waals surface area contributed by atoms with Crippen molar-refractivity contribution in [2.45, 2.75) is 39.0 Å². The molecule has 4 heteroatoms. The SMILES string of the molecule is CCc1c(C)cc2nc(C3CC3)[nH]n2c1=O. The molecule has 0 atom stereocenters. The lowest BCUT2D eigenvalue weighted by Crippen LogP contribution is -2.19. The fourth-order valence-electron chi connectivity index (χ4n) is 2.18. The van der Waals surface area contributed by atoms with Gasteiger partial charge in [-0.15, -0.1) is 0 Å². The van der Waals surface area contributed by atoms with Gasteiger partial charge < -0.3 is 0 Å². The Balaban J connectivity index is 2.29. The molecule has 16 heavy (non-hydrogen) atoms. The molecule has 0 aliphatic heterocycles. The molecule has 1 saturated carbocycles. The first-order chi connectivity index (χ1) is 7.70. The maximum absolute atomic E-state index is 12.1. The molecule has 0 spiro atoms. The third-order valence-corrected chi connectivity index (χ3v) is 3.29. The topological polar surface area (TPSA) is 50.2 Å². The van der Waals surface area contributed by atoms with Gasteiger partial charge in [0.2, 0.25) is 0 Å². The number of nitrogens with zero attached hydrogens (tertiary/aromatic N) is 2. The van der Waals surface area contributed by atoms with E-state index in [1.165, 1.54) is 12.8 Å². The molecule has 0 amide bonds. The van der Waals surface area contributed by atoms with Gasteiger partial charge in [-0.2, -0.15) is 4.52 Å². The number of aromatic amines is 1. The molecule has 1 fully saturated rings. The molecule has 0 radical (unpaired) electrons. The summed E-state index contributed by atoms with van der Waals surface area (Å²) in [5.41, 5.74) is 2.73. The molecule has 1 N–H and O–H groups in total. The minimum atomic E-state index is 0.0527. The Bertz CT molecular complexity index is 604. The van der Waals surface area contributed by atoms with Crippen LogP contribution in [0.3, 0.4) is 0 Å². The van der Waals surface area contributed by atoms with Crippen LogP contribution >= 0.6 is 0 Å². The summed E-state index contributed by atoms with van der Waals surface area (Å²) in [6, 6.07) is 1.99. The van der Waals surface area contributed by atoms with Crippen LogP contribution in [0.25, 0.3) is 5.65 Å². The number of rotatable bonds is 2. The van der Waals surface area contributed by atoms with Gasteiger partial charge in [-0.05, 0) is 37.8 Å². The van der Waals surface area contributed by atoms with Gasteiger partial charge in [-0.3, -0.25) is 9.89 Å². The molecule has 4 nitrogen and oxygen atoms in total. The third-order valence-electron chi connectivity index (χ3n) is 3.29. The molecular formula is C12H15N3O. The maximum Gasteiger partial charge on any atom is 0.274 e. The largest absolute Gasteiger partial charge is 0.276 e. The summed E-state index contributed by atoms with van der Waals surface area (Å²) in [6.45, 7) is 3.99. The number of fused-ring (bicyclic) bond motifs is 1. The van der Waals surface area contributed by atoms with E-state index >= 15 is 0 Å². The Morgan fingerprint density at radius 2 is 2.31 bits per heavy atom. The molecule has 2 aromatic rings. The number of nitrogens with one attached hydrogen (secondary N) is 1. The third kappa shape index (κ3) is 1.29. The monoisotopic (exact) mass is 217 g/mol. The predicted molar refractivity (Wildman–Crippen MR) is 61.9 cm³/mol. The van der Waals surface area contributed by atoms with Crippen LogP contribution in [0, 0.1) is 6.92 Å². The van der Waals surface area contributed by atoms with Crippen LogP contribution in [0.4, 0.5) is 0 Å². The summed E-state index contributed by atoms with van der Waals surface area (Å²) in [4.78, 5) is 16.6. The molecule has 2 aromatic heterocycles. The summed E-state index contributed by atoms with van der Waals surface area (Å²) in [6.07, 6.45) is 3.15. The van der Waals surface area contributed by atoms with Gasteiger partial charge in [0, 0.05) is 11.5 Å². The summed E-state index contributed by atoms with van der Waals surface area (Å²) in [7, 11) is 0. The quantitative estimate of drug-likeness (QED) is 0.833. The first kappa shape index (κ1) is 9.63. The van der Waals surface area contributed by atoms with Crippen LogP contribution in [0.15, 0.2) is 10.9 Å².